The first-order valence-corrected chi connectivity index (χ1v) is 8.72. The molecule has 5 heteroatoms. The second-order valence-electron chi connectivity index (χ2n) is 6.63. The Morgan fingerprint density at radius 1 is 1.12 bits per heavy atom. The number of H-pyrrole nitrogens is 1. The van der Waals surface area contributed by atoms with Gasteiger partial charge in [0.1, 0.15) is 18.5 Å². The van der Waals surface area contributed by atoms with Crippen molar-refractivity contribution in [2.75, 3.05) is 13.2 Å². The fourth-order valence-corrected chi connectivity index (χ4v) is 2.82. The third-order valence-electron chi connectivity index (χ3n) is 4.21. The summed E-state index contributed by atoms with van der Waals surface area (Å²) >= 11 is 0. The molecule has 26 heavy (non-hydrogen) atoms. The van der Waals surface area contributed by atoms with Crippen LogP contribution in [0.2, 0.25) is 0 Å². The van der Waals surface area contributed by atoms with Crippen molar-refractivity contribution in [3.05, 3.63) is 75.6 Å². The zero-order valence-corrected chi connectivity index (χ0v) is 15.1. The SMILES string of the molecule is Cc1cccc(OC[C@H](O)CNCc2cc3ccc(C)cc3[nH]c2=O)c1. The number of fused-ring (bicyclic) bond motifs is 1. The number of aliphatic hydroxyl groups excluding tert-OH is 1. The Bertz CT molecular complexity index is 949. The maximum Gasteiger partial charge on any atom is 0.252 e. The van der Waals surface area contributed by atoms with Crippen molar-refractivity contribution < 1.29 is 9.84 Å². The van der Waals surface area contributed by atoms with Crippen LogP contribution < -0.4 is 15.6 Å². The third-order valence-corrected chi connectivity index (χ3v) is 4.21. The molecular weight excluding hydrogens is 328 g/mol. The molecule has 0 saturated heterocycles. The number of aryl methyl sites for hydroxylation is 2. The molecule has 0 bridgehead atoms. The molecule has 0 aliphatic rings. The highest BCUT2D eigenvalue weighted by molar-refractivity contribution is 5.79. The molecule has 0 radical (unpaired) electrons. The Kier molecular flexibility index (Phi) is 5.71. The highest BCUT2D eigenvalue weighted by Gasteiger charge is 2.07. The zero-order chi connectivity index (χ0) is 18.5. The summed E-state index contributed by atoms with van der Waals surface area (Å²) in [5, 5.41) is 14.2. The number of benzene rings is 2. The Morgan fingerprint density at radius 3 is 2.73 bits per heavy atom. The fourth-order valence-electron chi connectivity index (χ4n) is 2.82. The Balaban J connectivity index is 1.52. The summed E-state index contributed by atoms with van der Waals surface area (Å²) in [5.74, 6) is 0.741. The molecule has 3 rings (SSSR count). The van der Waals surface area contributed by atoms with Crippen molar-refractivity contribution in [1.29, 1.82) is 0 Å². The molecule has 1 aromatic heterocycles. The smallest absolute Gasteiger partial charge is 0.252 e. The lowest BCUT2D eigenvalue weighted by Gasteiger charge is -2.13. The van der Waals surface area contributed by atoms with E-state index in [0.29, 0.717) is 18.7 Å². The first-order valence-electron chi connectivity index (χ1n) is 8.72. The molecule has 0 aliphatic carbocycles. The van der Waals surface area contributed by atoms with Crippen LogP contribution in [0.15, 0.2) is 53.3 Å². The monoisotopic (exact) mass is 352 g/mol. The molecule has 5 nitrogen and oxygen atoms in total. The van der Waals surface area contributed by atoms with Crippen LogP contribution in [0.5, 0.6) is 5.75 Å². The number of hydrogen-bond acceptors (Lipinski definition) is 4. The van der Waals surface area contributed by atoms with Gasteiger partial charge in [-0.15, -0.1) is 0 Å². The van der Waals surface area contributed by atoms with Gasteiger partial charge in [-0.25, -0.2) is 0 Å². The van der Waals surface area contributed by atoms with E-state index in [9.17, 15) is 9.90 Å². The number of hydrogen-bond donors (Lipinski definition) is 3. The predicted molar refractivity (Wildman–Crippen MR) is 104 cm³/mol. The van der Waals surface area contributed by atoms with Gasteiger partial charge in [0.15, 0.2) is 0 Å². The minimum atomic E-state index is -0.655. The van der Waals surface area contributed by atoms with Crippen molar-refractivity contribution in [1.82, 2.24) is 10.3 Å². The molecule has 0 aliphatic heterocycles. The first-order chi connectivity index (χ1) is 12.5. The van der Waals surface area contributed by atoms with E-state index in [1.807, 2.05) is 62.4 Å². The summed E-state index contributed by atoms with van der Waals surface area (Å²) in [6.45, 7) is 4.92. The summed E-state index contributed by atoms with van der Waals surface area (Å²) in [7, 11) is 0. The van der Waals surface area contributed by atoms with Gasteiger partial charge in [-0.1, -0.05) is 24.3 Å². The lowest BCUT2D eigenvalue weighted by molar-refractivity contribution is 0.106. The maximum absolute atomic E-state index is 12.2. The maximum atomic E-state index is 12.2. The van der Waals surface area contributed by atoms with E-state index in [2.05, 4.69) is 10.3 Å². The Labute approximate surface area is 152 Å². The number of aliphatic hydroxyl groups is 1. The van der Waals surface area contributed by atoms with E-state index in [1.54, 1.807) is 0 Å². The van der Waals surface area contributed by atoms with Gasteiger partial charge in [0.05, 0.1) is 0 Å². The summed E-state index contributed by atoms with van der Waals surface area (Å²) in [4.78, 5) is 15.1. The zero-order valence-electron chi connectivity index (χ0n) is 15.1. The van der Waals surface area contributed by atoms with Gasteiger partial charge in [0, 0.05) is 24.2 Å². The number of aromatic amines is 1. The number of pyridine rings is 1. The molecule has 0 spiro atoms. The topological polar surface area (TPSA) is 74.3 Å². The van der Waals surface area contributed by atoms with Crippen molar-refractivity contribution in [3.63, 3.8) is 0 Å². The Hall–Kier alpha value is -2.63. The molecule has 3 N–H and O–H groups in total. The average molecular weight is 352 g/mol. The van der Waals surface area contributed by atoms with Gasteiger partial charge >= 0.3 is 0 Å². The van der Waals surface area contributed by atoms with Crippen molar-refractivity contribution in [2.24, 2.45) is 0 Å². The van der Waals surface area contributed by atoms with Gasteiger partial charge in [-0.05, 0) is 54.6 Å². The molecule has 2 aromatic carbocycles. The third kappa shape index (κ3) is 4.71. The second kappa shape index (κ2) is 8.17. The first kappa shape index (κ1) is 18.2. The number of rotatable bonds is 7. The lowest BCUT2D eigenvalue weighted by atomic mass is 10.1. The molecule has 0 unspecified atom stereocenters. The predicted octanol–water partition coefficient (Wildman–Crippen LogP) is 2.67. The molecular formula is C21H24N2O3. The number of ether oxygens (including phenoxy) is 1. The van der Waals surface area contributed by atoms with Gasteiger partial charge in [0.25, 0.3) is 5.56 Å². The van der Waals surface area contributed by atoms with Crippen LogP contribution in [-0.4, -0.2) is 29.3 Å². The fraction of sp³-hybridized carbons (Fsp3) is 0.286. The molecule has 0 saturated carbocycles. The average Bonchev–Trinajstić information content (AvgIpc) is 2.60. The van der Waals surface area contributed by atoms with Gasteiger partial charge < -0.3 is 20.1 Å². The Morgan fingerprint density at radius 2 is 1.92 bits per heavy atom. The van der Waals surface area contributed by atoms with Gasteiger partial charge in [0.2, 0.25) is 0 Å². The quantitative estimate of drug-likeness (QED) is 0.611. The summed E-state index contributed by atoms with van der Waals surface area (Å²) in [6.07, 6.45) is -0.655. The highest BCUT2D eigenvalue weighted by Crippen LogP contribution is 2.13. The van der Waals surface area contributed by atoms with E-state index in [-0.39, 0.29) is 12.2 Å². The standard InChI is InChI=1S/C21H24N2O3/c1-14-4-3-5-19(8-14)26-13-18(24)12-22-11-17-10-16-7-6-15(2)9-20(16)23-21(17)25/h3-10,18,22,24H,11-13H2,1-2H3,(H,23,25)/t18-/m1/s1. The van der Waals surface area contributed by atoms with E-state index >= 15 is 0 Å². The van der Waals surface area contributed by atoms with E-state index in [4.69, 9.17) is 4.74 Å². The molecule has 136 valence electrons. The van der Waals surface area contributed by atoms with Crippen LogP contribution in [0.25, 0.3) is 10.9 Å². The summed E-state index contributed by atoms with van der Waals surface area (Å²) < 4.78 is 5.59. The summed E-state index contributed by atoms with van der Waals surface area (Å²) in [5.41, 5.74) is 3.59. The molecule has 0 amide bonds. The lowest BCUT2D eigenvalue weighted by Crippen LogP contribution is -2.32. The molecule has 0 fully saturated rings. The number of nitrogens with one attached hydrogen (secondary N) is 2. The van der Waals surface area contributed by atoms with Crippen LogP contribution in [0, 0.1) is 13.8 Å². The van der Waals surface area contributed by atoms with E-state index in [0.717, 1.165) is 27.8 Å². The van der Waals surface area contributed by atoms with Crippen LogP contribution in [-0.2, 0) is 6.54 Å². The van der Waals surface area contributed by atoms with Crippen molar-refractivity contribution in [2.45, 2.75) is 26.5 Å². The van der Waals surface area contributed by atoms with Crippen molar-refractivity contribution in [3.8, 4) is 5.75 Å². The van der Waals surface area contributed by atoms with Crippen molar-refractivity contribution >= 4 is 10.9 Å². The minimum absolute atomic E-state index is 0.110. The van der Waals surface area contributed by atoms with Crippen LogP contribution in [0.4, 0.5) is 0 Å². The van der Waals surface area contributed by atoms with Gasteiger partial charge in [-0.2, -0.15) is 0 Å². The second-order valence-corrected chi connectivity index (χ2v) is 6.63. The largest absolute Gasteiger partial charge is 0.491 e. The van der Waals surface area contributed by atoms with Crippen LogP contribution in [0.3, 0.4) is 0 Å². The van der Waals surface area contributed by atoms with Gasteiger partial charge in [-0.3, -0.25) is 4.79 Å². The molecule has 3 aromatic rings. The van der Waals surface area contributed by atoms with Crippen LogP contribution in [0.1, 0.15) is 16.7 Å². The van der Waals surface area contributed by atoms with E-state index < -0.39 is 6.10 Å². The summed E-state index contributed by atoms with van der Waals surface area (Å²) in [6, 6.07) is 15.6. The molecule has 1 heterocycles. The van der Waals surface area contributed by atoms with Crippen LogP contribution >= 0.6 is 0 Å². The highest BCUT2D eigenvalue weighted by atomic mass is 16.5. The normalized spacial score (nSPS) is 12.3. The molecule has 1 atom stereocenters. The number of aromatic nitrogens is 1. The minimum Gasteiger partial charge on any atom is -0.491 e. The van der Waals surface area contributed by atoms with E-state index in [1.165, 1.54) is 0 Å².